The van der Waals surface area contributed by atoms with Gasteiger partial charge in [-0.3, -0.25) is 0 Å². The number of hydrogen-bond donors (Lipinski definition) is 0. The Labute approximate surface area is 170 Å². The van der Waals surface area contributed by atoms with Crippen LogP contribution in [0.3, 0.4) is 0 Å². The molecule has 1 saturated heterocycles. The number of nitrogens with zero attached hydrogens (tertiary/aromatic N) is 2. The van der Waals surface area contributed by atoms with Crippen LogP contribution in [0, 0.1) is 13.8 Å². The van der Waals surface area contributed by atoms with Gasteiger partial charge in [0.2, 0.25) is 0 Å². The monoisotopic (exact) mass is 412 g/mol. The van der Waals surface area contributed by atoms with Gasteiger partial charge in [-0.2, -0.15) is 0 Å². The Morgan fingerprint density at radius 1 is 1.00 bits per heavy atom. The highest BCUT2D eigenvalue weighted by Crippen LogP contribution is 2.32. The Morgan fingerprint density at radius 2 is 1.71 bits per heavy atom. The molecule has 0 aliphatic carbocycles. The van der Waals surface area contributed by atoms with Crippen molar-refractivity contribution in [2.75, 3.05) is 18.0 Å². The lowest BCUT2D eigenvalue weighted by atomic mass is 10.1. The molecular formula is C22H24N2O2S2. The standard InChI is InChI=1S/C22H24N2O2S2/c1-16-6-8-19(9-7-16)28(25,26)20-10-12-24(13-11-20)22-23-21(15-27-22)18-5-3-4-17(2)14-18/h3-9,14-15,20H,10-13H2,1-2H3. The lowest BCUT2D eigenvalue weighted by Gasteiger charge is -2.31. The third-order valence-electron chi connectivity index (χ3n) is 5.31. The van der Waals surface area contributed by atoms with E-state index in [4.69, 9.17) is 4.98 Å². The molecule has 0 amide bonds. The normalized spacial score (nSPS) is 15.7. The number of benzene rings is 2. The average Bonchev–Trinajstić information content (AvgIpc) is 3.19. The van der Waals surface area contributed by atoms with Gasteiger partial charge in [0, 0.05) is 24.0 Å². The highest BCUT2D eigenvalue weighted by atomic mass is 32.2. The first-order valence-corrected chi connectivity index (χ1v) is 11.9. The molecule has 4 rings (SSSR count). The number of hydrogen-bond acceptors (Lipinski definition) is 5. The molecule has 1 aliphatic heterocycles. The van der Waals surface area contributed by atoms with Gasteiger partial charge in [0.15, 0.2) is 15.0 Å². The van der Waals surface area contributed by atoms with Crippen LogP contribution in [0.1, 0.15) is 24.0 Å². The molecule has 2 heterocycles. The molecule has 0 spiro atoms. The summed E-state index contributed by atoms with van der Waals surface area (Å²) in [6.07, 6.45) is 1.27. The van der Waals surface area contributed by atoms with Crippen molar-refractivity contribution < 1.29 is 8.42 Å². The molecule has 0 unspecified atom stereocenters. The zero-order valence-electron chi connectivity index (χ0n) is 16.1. The lowest BCUT2D eigenvalue weighted by molar-refractivity contribution is 0.529. The Morgan fingerprint density at radius 3 is 2.39 bits per heavy atom. The maximum absolute atomic E-state index is 12.9. The van der Waals surface area contributed by atoms with Gasteiger partial charge in [-0.15, -0.1) is 11.3 Å². The Kier molecular flexibility index (Phi) is 5.25. The van der Waals surface area contributed by atoms with Crippen LogP contribution in [-0.4, -0.2) is 31.7 Å². The summed E-state index contributed by atoms with van der Waals surface area (Å²) in [4.78, 5) is 7.45. The van der Waals surface area contributed by atoms with E-state index in [1.54, 1.807) is 23.5 Å². The van der Waals surface area contributed by atoms with E-state index in [1.165, 1.54) is 5.56 Å². The molecule has 4 nitrogen and oxygen atoms in total. The molecule has 1 aromatic heterocycles. The van der Waals surface area contributed by atoms with E-state index in [-0.39, 0.29) is 5.25 Å². The zero-order chi connectivity index (χ0) is 19.7. The minimum absolute atomic E-state index is 0.317. The Hall–Kier alpha value is -2.18. The molecule has 146 valence electrons. The van der Waals surface area contributed by atoms with Crippen LogP contribution in [0.25, 0.3) is 11.3 Å². The fraction of sp³-hybridized carbons (Fsp3) is 0.318. The third kappa shape index (κ3) is 3.84. The molecule has 2 aromatic carbocycles. The van der Waals surface area contributed by atoms with Gasteiger partial charge in [-0.1, -0.05) is 41.5 Å². The maximum atomic E-state index is 12.9. The number of anilines is 1. The summed E-state index contributed by atoms with van der Waals surface area (Å²) in [7, 11) is -3.27. The smallest absolute Gasteiger partial charge is 0.185 e. The number of rotatable bonds is 4. The number of aryl methyl sites for hydroxylation is 2. The summed E-state index contributed by atoms with van der Waals surface area (Å²) in [6.45, 7) is 5.48. The first-order chi connectivity index (χ1) is 13.4. The predicted octanol–water partition coefficient (Wildman–Crippen LogP) is 4.87. The molecule has 3 aromatic rings. The van der Waals surface area contributed by atoms with Crippen LogP contribution < -0.4 is 4.90 Å². The first-order valence-electron chi connectivity index (χ1n) is 9.51. The van der Waals surface area contributed by atoms with Crippen molar-refractivity contribution in [3.63, 3.8) is 0 Å². The van der Waals surface area contributed by atoms with Crippen molar-refractivity contribution in [2.45, 2.75) is 36.8 Å². The Balaban J connectivity index is 1.45. The van der Waals surface area contributed by atoms with Gasteiger partial charge in [0.1, 0.15) is 0 Å². The van der Waals surface area contributed by atoms with Crippen molar-refractivity contribution in [3.05, 3.63) is 65.0 Å². The van der Waals surface area contributed by atoms with Crippen LogP contribution in [0.5, 0.6) is 0 Å². The minimum Gasteiger partial charge on any atom is -0.348 e. The quantitative estimate of drug-likeness (QED) is 0.613. The number of piperidine rings is 1. The van der Waals surface area contributed by atoms with E-state index in [0.29, 0.717) is 17.7 Å². The van der Waals surface area contributed by atoms with Gasteiger partial charge >= 0.3 is 0 Å². The predicted molar refractivity (Wildman–Crippen MR) is 116 cm³/mol. The van der Waals surface area contributed by atoms with E-state index in [9.17, 15) is 8.42 Å². The lowest BCUT2D eigenvalue weighted by Crippen LogP contribution is -2.39. The van der Waals surface area contributed by atoms with Gasteiger partial charge in [0.05, 0.1) is 15.8 Å². The average molecular weight is 413 g/mol. The van der Waals surface area contributed by atoms with Gasteiger partial charge in [-0.05, 0) is 44.9 Å². The maximum Gasteiger partial charge on any atom is 0.185 e. The van der Waals surface area contributed by atoms with Crippen molar-refractivity contribution in [2.24, 2.45) is 0 Å². The minimum atomic E-state index is -3.27. The molecule has 0 radical (unpaired) electrons. The second-order valence-electron chi connectivity index (χ2n) is 7.43. The molecule has 1 fully saturated rings. The molecule has 28 heavy (non-hydrogen) atoms. The number of aromatic nitrogens is 1. The highest BCUT2D eigenvalue weighted by Gasteiger charge is 2.32. The second-order valence-corrected chi connectivity index (χ2v) is 10.5. The van der Waals surface area contributed by atoms with Crippen LogP contribution in [-0.2, 0) is 9.84 Å². The molecule has 0 bridgehead atoms. The fourth-order valence-corrected chi connectivity index (χ4v) is 6.24. The molecular weight excluding hydrogens is 388 g/mol. The largest absolute Gasteiger partial charge is 0.348 e. The van der Waals surface area contributed by atoms with E-state index in [0.717, 1.165) is 35.0 Å². The van der Waals surface area contributed by atoms with Gasteiger partial charge in [0.25, 0.3) is 0 Å². The highest BCUT2D eigenvalue weighted by molar-refractivity contribution is 7.92. The third-order valence-corrected chi connectivity index (χ3v) is 8.49. The summed E-state index contributed by atoms with van der Waals surface area (Å²) in [5.41, 5.74) is 4.40. The summed E-state index contributed by atoms with van der Waals surface area (Å²) >= 11 is 1.63. The van der Waals surface area contributed by atoms with E-state index in [2.05, 4.69) is 35.4 Å². The second kappa shape index (κ2) is 7.68. The van der Waals surface area contributed by atoms with Gasteiger partial charge < -0.3 is 4.90 Å². The van der Waals surface area contributed by atoms with Crippen molar-refractivity contribution >= 4 is 26.3 Å². The van der Waals surface area contributed by atoms with E-state index < -0.39 is 9.84 Å². The fourth-order valence-electron chi connectivity index (χ4n) is 3.62. The molecule has 0 saturated carbocycles. The van der Waals surface area contributed by atoms with Crippen molar-refractivity contribution in [3.8, 4) is 11.3 Å². The zero-order valence-corrected chi connectivity index (χ0v) is 17.8. The van der Waals surface area contributed by atoms with E-state index >= 15 is 0 Å². The Bertz CT molecular complexity index is 1060. The molecule has 6 heteroatoms. The summed E-state index contributed by atoms with van der Waals surface area (Å²) < 4.78 is 25.9. The van der Waals surface area contributed by atoms with Crippen molar-refractivity contribution in [1.29, 1.82) is 0 Å². The van der Waals surface area contributed by atoms with Crippen LogP contribution in [0.2, 0.25) is 0 Å². The van der Waals surface area contributed by atoms with Crippen LogP contribution in [0.15, 0.2) is 58.8 Å². The number of thiazole rings is 1. The van der Waals surface area contributed by atoms with E-state index in [1.807, 2.05) is 25.1 Å². The van der Waals surface area contributed by atoms with Crippen LogP contribution in [0.4, 0.5) is 5.13 Å². The van der Waals surface area contributed by atoms with Gasteiger partial charge in [-0.25, -0.2) is 13.4 Å². The molecule has 1 aliphatic rings. The summed E-state index contributed by atoms with van der Waals surface area (Å²) in [5, 5.41) is 2.74. The number of sulfone groups is 1. The first kappa shape index (κ1) is 19.2. The molecule has 0 atom stereocenters. The summed E-state index contributed by atoms with van der Waals surface area (Å²) in [5.74, 6) is 0. The SMILES string of the molecule is Cc1ccc(S(=O)(=O)C2CCN(c3nc(-c4cccc(C)c4)cs3)CC2)cc1. The summed E-state index contributed by atoms with van der Waals surface area (Å²) in [6, 6.07) is 15.5. The van der Waals surface area contributed by atoms with Crippen LogP contribution >= 0.6 is 11.3 Å². The topological polar surface area (TPSA) is 50.3 Å². The molecule has 0 N–H and O–H groups in total. The van der Waals surface area contributed by atoms with Crippen molar-refractivity contribution in [1.82, 2.24) is 4.98 Å².